The first-order valence-electron chi connectivity index (χ1n) is 4.87. The Hall–Kier alpha value is -1.45. The van der Waals surface area contributed by atoms with Gasteiger partial charge in [-0.15, -0.1) is 0 Å². The number of halogens is 2. The molecule has 2 N–H and O–H groups in total. The van der Waals surface area contributed by atoms with E-state index in [2.05, 4.69) is 4.98 Å². The summed E-state index contributed by atoms with van der Waals surface area (Å²) in [6, 6.07) is 6.21. The summed E-state index contributed by atoms with van der Waals surface area (Å²) in [5.41, 5.74) is 0.806. The zero-order chi connectivity index (χ0) is 12.6. The molecular weight excluding hydrogens is 261 g/mol. The van der Waals surface area contributed by atoms with Crippen molar-refractivity contribution in [1.82, 2.24) is 4.98 Å². The third kappa shape index (κ3) is 2.30. The van der Waals surface area contributed by atoms with E-state index in [9.17, 15) is 9.90 Å². The number of aromatic nitrogens is 1. The molecule has 3 nitrogen and oxygen atoms in total. The predicted molar refractivity (Wildman–Crippen MR) is 68.9 cm³/mol. The Morgan fingerprint density at radius 1 is 1.24 bits per heavy atom. The summed E-state index contributed by atoms with van der Waals surface area (Å²) >= 11 is 11.8. The maximum atomic E-state index is 11.8. The van der Waals surface area contributed by atoms with Crippen molar-refractivity contribution in [2.75, 3.05) is 0 Å². The van der Waals surface area contributed by atoms with E-state index in [-0.39, 0.29) is 16.9 Å². The van der Waals surface area contributed by atoms with Gasteiger partial charge in [0, 0.05) is 16.3 Å². The van der Waals surface area contributed by atoms with Gasteiger partial charge in [0.05, 0.1) is 10.6 Å². The van der Waals surface area contributed by atoms with Crippen LogP contribution in [-0.2, 0) is 0 Å². The summed E-state index contributed by atoms with van der Waals surface area (Å²) in [5, 5.41) is 10.6. The third-order valence-corrected chi connectivity index (χ3v) is 2.90. The maximum Gasteiger partial charge on any atom is 0.259 e. The molecule has 17 heavy (non-hydrogen) atoms. The summed E-state index contributed by atoms with van der Waals surface area (Å²) in [4.78, 5) is 14.4. The fourth-order valence-electron chi connectivity index (χ4n) is 1.62. The highest BCUT2D eigenvalue weighted by Gasteiger charge is 2.13. The largest absolute Gasteiger partial charge is 0.507 e. The average molecular weight is 270 g/mol. The van der Waals surface area contributed by atoms with Crippen molar-refractivity contribution in [2.45, 2.75) is 6.92 Å². The lowest BCUT2D eigenvalue weighted by Crippen LogP contribution is -2.10. The van der Waals surface area contributed by atoms with Gasteiger partial charge in [0.1, 0.15) is 5.75 Å². The summed E-state index contributed by atoms with van der Waals surface area (Å²) < 4.78 is 0. The standard InChI is InChI=1S/C12H9Cl2NO2/c1-6-4-10(16)11(12(17)15-6)8-3-2-7(13)5-9(8)14/h2-5H,1H3,(H2,15,16,17). The minimum Gasteiger partial charge on any atom is -0.507 e. The number of benzene rings is 1. The van der Waals surface area contributed by atoms with Crippen molar-refractivity contribution in [3.63, 3.8) is 0 Å². The molecular formula is C12H9Cl2NO2. The van der Waals surface area contributed by atoms with E-state index in [1.165, 1.54) is 12.1 Å². The van der Waals surface area contributed by atoms with E-state index in [1.54, 1.807) is 19.1 Å². The van der Waals surface area contributed by atoms with Crippen LogP contribution in [0.15, 0.2) is 29.1 Å². The summed E-state index contributed by atoms with van der Waals surface area (Å²) in [6.45, 7) is 1.69. The van der Waals surface area contributed by atoms with Crippen LogP contribution >= 0.6 is 23.2 Å². The Labute approximate surface area is 108 Å². The summed E-state index contributed by atoms with van der Waals surface area (Å²) in [7, 11) is 0. The van der Waals surface area contributed by atoms with Gasteiger partial charge in [0.15, 0.2) is 0 Å². The number of aromatic hydroxyl groups is 1. The molecule has 0 aliphatic carbocycles. The van der Waals surface area contributed by atoms with Crippen molar-refractivity contribution in [3.8, 4) is 16.9 Å². The minimum atomic E-state index is -0.383. The molecule has 1 heterocycles. The van der Waals surface area contributed by atoms with E-state index >= 15 is 0 Å². The van der Waals surface area contributed by atoms with Crippen molar-refractivity contribution in [2.24, 2.45) is 0 Å². The van der Waals surface area contributed by atoms with E-state index in [4.69, 9.17) is 23.2 Å². The molecule has 0 spiro atoms. The van der Waals surface area contributed by atoms with Crippen LogP contribution in [0, 0.1) is 6.92 Å². The highest BCUT2D eigenvalue weighted by Crippen LogP contribution is 2.33. The van der Waals surface area contributed by atoms with Gasteiger partial charge in [-0.1, -0.05) is 29.3 Å². The number of nitrogens with one attached hydrogen (secondary N) is 1. The van der Waals surface area contributed by atoms with E-state index in [1.807, 2.05) is 0 Å². The van der Waals surface area contributed by atoms with E-state index in [0.29, 0.717) is 21.3 Å². The lowest BCUT2D eigenvalue weighted by molar-refractivity contribution is 0.475. The van der Waals surface area contributed by atoms with Crippen LogP contribution in [0.4, 0.5) is 0 Å². The molecule has 1 aromatic carbocycles. The topological polar surface area (TPSA) is 53.1 Å². The molecule has 2 rings (SSSR count). The predicted octanol–water partition coefficient (Wildman–Crippen LogP) is 3.36. The monoisotopic (exact) mass is 269 g/mol. The molecule has 0 saturated carbocycles. The smallest absolute Gasteiger partial charge is 0.259 e. The lowest BCUT2D eigenvalue weighted by Gasteiger charge is -2.07. The van der Waals surface area contributed by atoms with Crippen LogP contribution in [0.2, 0.25) is 10.0 Å². The molecule has 0 radical (unpaired) electrons. The number of hydrogen-bond donors (Lipinski definition) is 2. The Morgan fingerprint density at radius 2 is 1.94 bits per heavy atom. The molecule has 0 aliphatic rings. The Bertz CT molecular complexity index is 635. The SMILES string of the molecule is Cc1cc(O)c(-c2ccc(Cl)cc2Cl)c(=O)[nH]1. The fourth-order valence-corrected chi connectivity index (χ4v) is 2.13. The molecule has 2 aromatic rings. The number of aryl methyl sites for hydroxylation is 1. The molecule has 1 aromatic heterocycles. The van der Waals surface area contributed by atoms with Crippen molar-refractivity contribution < 1.29 is 5.11 Å². The zero-order valence-corrected chi connectivity index (χ0v) is 10.4. The molecule has 0 amide bonds. The van der Waals surface area contributed by atoms with Gasteiger partial charge in [-0.25, -0.2) is 0 Å². The van der Waals surface area contributed by atoms with Gasteiger partial charge in [0.2, 0.25) is 0 Å². The molecule has 0 bridgehead atoms. The van der Waals surface area contributed by atoms with Crippen LogP contribution in [0.5, 0.6) is 5.75 Å². The normalized spacial score (nSPS) is 10.5. The highest BCUT2D eigenvalue weighted by atomic mass is 35.5. The number of hydrogen-bond acceptors (Lipinski definition) is 2. The van der Waals surface area contributed by atoms with Crippen LogP contribution in [-0.4, -0.2) is 10.1 Å². The molecule has 0 fully saturated rings. The minimum absolute atomic E-state index is 0.101. The van der Waals surface area contributed by atoms with Crippen LogP contribution in [0.3, 0.4) is 0 Å². The Morgan fingerprint density at radius 3 is 2.53 bits per heavy atom. The van der Waals surface area contributed by atoms with Gasteiger partial charge in [-0.3, -0.25) is 4.79 Å². The second-order valence-corrected chi connectivity index (χ2v) is 4.51. The van der Waals surface area contributed by atoms with Crippen molar-refractivity contribution >= 4 is 23.2 Å². The van der Waals surface area contributed by atoms with Gasteiger partial charge >= 0.3 is 0 Å². The second-order valence-electron chi connectivity index (χ2n) is 3.67. The van der Waals surface area contributed by atoms with Gasteiger partial charge < -0.3 is 10.1 Å². The van der Waals surface area contributed by atoms with Crippen LogP contribution < -0.4 is 5.56 Å². The van der Waals surface area contributed by atoms with Crippen LogP contribution in [0.25, 0.3) is 11.1 Å². The summed E-state index contributed by atoms with van der Waals surface area (Å²) in [5.74, 6) is -0.101. The first kappa shape index (κ1) is 12.0. The third-order valence-electron chi connectivity index (χ3n) is 2.35. The number of pyridine rings is 1. The first-order valence-corrected chi connectivity index (χ1v) is 5.63. The quantitative estimate of drug-likeness (QED) is 0.834. The maximum absolute atomic E-state index is 11.8. The van der Waals surface area contributed by atoms with Crippen molar-refractivity contribution in [1.29, 1.82) is 0 Å². The first-order chi connectivity index (χ1) is 7.99. The summed E-state index contributed by atoms with van der Waals surface area (Å²) in [6.07, 6.45) is 0. The van der Waals surface area contributed by atoms with E-state index < -0.39 is 0 Å². The average Bonchev–Trinajstić information content (AvgIpc) is 2.19. The number of H-pyrrole nitrogens is 1. The van der Waals surface area contributed by atoms with E-state index in [0.717, 1.165) is 0 Å². The Balaban J connectivity index is 2.73. The van der Waals surface area contributed by atoms with Gasteiger partial charge in [-0.2, -0.15) is 0 Å². The molecule has 88 valence electrons. The molecule has 0 saturated heterocycles. The zero-order valence-electron chi connectivity index (χ0n) is 8.92. The lowest BCUT2D eigenvalue weighted by atomic mass is 10.1. The fraction of sp³-hybridized carbons (Fsp3) is 0.0833. The second kappa shape index (κ2) is 4.43. The Kier molecular flexibility index (Phi) is 3.13. The van der Waals surface area contributed by atoms with Gasteiger partial charge in [-0.05, 0) is 25.1 Å². The molecule has 0 atom stereocenters. The van der Waals surface area contributed by atoms with Gasteiger partial charge in [0.25, 0.3) is 5.56 Å². The molecule has 5 heteroatoms. The van der Waals surface area contributed by atoms with Crippen molar-refractivity contribution in [3.05, 3.63) is 50.4 Å². The number of aromatic amines is 1. The highest BCUT2D eigenvalue weighted by molar-refractivity contribution is 6.36. The molecule has 0 aliphatic heterocycles. The number of rotatable bonds is 1. The molecule has 0 unspecified atom stereocenters. The van der Waals surface area contributed by atoms with Crippen LogP contribution in [0.1, 0.15) is 5.69 Å².